The van der Waals surface area contributed by atoms with E-state index in [9.17, 15) is 13.6 Å². The molecule has 194 valence electrons. The summed E-state index contributed by atoms with van der Waals surface area (Å²) in [4.78, 5) is 14.9. The molecule has 3 aromatic carbocycles. The topological polar surface area (TPSA) is 39.3 Å². The minimum absolute atomic E-state index is 0. The zero-order valence-electron chi connectivity index (χ0n) is 20.8. The van der Waals surface area contributed by atoms with Crippen LogP contribution >= 0.6 is 0 Å². The number of likely N-dealkylation sites (tertiary alicyclic amines) is 1. The van der Waals surface area contributed by atoms with Crippen molar-refractivity contribution in [1.82, 2.24) is 9.78 Å². The summed E-state index contributed by atoms with van der Waals surface area (Å²) in [5, 5.41) is 6.42. The predicted octanol–water partition coefficient (Wildman–Crippen LogP) is 1.51. The quantitative estimate of drug-likeness (QED) is 0.399. The third-order valence-corrected chi connectivity index (χ3v) is 7.37. The van der Waals surface area contributed by atoms with E-state index in [0.29, 0.717) is 11.8 Å². The molecule has 7 heteroatoms. The normalized spacial score (nSPS) is 17.8. The van der Waals surface area contributed by atoms with Gasteiger partial charge in [-0.3, -0.25) is 4.79 Å². The molecule has 0 saturated carbocycles. The Hall–Kier alpha value is -3.09. The minimum atomic E-state index is -0.263. The molecule has 2 heterocycles. The number of rotatable bonds is 7. The summed E-state index contributed by atoms with van der Waals surface area (Å²) in [5.41, 5.74) is 2.55. The lowest BCUT2D eigenvalue weighted by atomic mass is 10.0. The van der Waals surface area contributed by atoms with Crippen molar-refractivity contribution in [1.29, 1.82) is 0 Å². The third kappa shape index (κ3) is 6.43. The first kappa shape index (κ1) is 27.0. The van der Waals surface area contributed by atoms with Crippen LogP contribution in [-0.4, -0.2) is 29.4 Å². The van der Waals surface area contributed by atoms with Crippen LogP contribution < -0.4 is 22.9 Å². The Bertz CT molecular complexity index is 1390. The van der Waals surface area contributed by atoms with Gasteiger partial charge < -0.3 is 17.3 Å². The number of nitrogens with one attached hydrogen (secondary N) is 1. The van der Waals surface area contributed by atoms with Crippen LogP contribution in [0.5, 0.6) is 0 Å². The van der Waals surface area contributed by atoms with Gasteiger partial charge in [-0.2, -0.15) is 5.10 Å². The summed E-state index contributed by atoms with van der Waals surface area (Å²) in [6.45, 7) is 3.02. The monoisotopic (exact) mass is 523 g/mol. The van der Waals surface area contributed by atoms with Crippen LogP contribution in [0, 0.1) is 11.6 Å². The lowest BCUT2D eigenvalue weighted by molar-refractivity contribution is -0.899. The molecule has 1 saturated heterocycles. The van der Waals surface area contributed by atoms with Crippen LogP contribution in [0.15, 0.2) is 77.6 Å². The van der Waals surface area contributed by atoms with Crippen LogP contribution in [0.4, 0.5) is 8.78 Å². The molecule has 5 rings (SSSR count). The number of hydrogen-bond donors (Lipinski definition) is 1. The number of fused-ring (bicyclic) bond motifs is 1. The van der Waals surface area contributed by atoms with E-state index in [2.05, 4.69) is 0 Å². The van der Waals surface area contributed by atoms with Gasteiger partial charge in [-0.1, -0.05) is 48.5 Å². The molecule has 1 fully saturated rings. The second kappa shape index (κ2) is 12.4. The molecule has 1 aromatic heterocycles. The van der Waals surface area contributed by atoms with Gasteiger partial charge in [0.1, 0.15) is 11.6 Å². The Labute approximate surface area is 222 Å². The van der Waals surface area contributed by atoms with Crippen LogP contribution in [0.2, 0.25) is 0 Å². The van der Waals surface area contributed by atoms with Crippen molar-refractivity contribution in [3.05, 3.63) is 112 Å². The van der Waals surface area contributed by atoms with Gasteiger partial charge in [0.2, 0.25) is 0 Å². The average Bonchev–Trinajstić information content (AvgIpc) is 3.14. The molecule has 0 spiro atoms. The first-order chi connectivity index (χ1) is 17.6. The lowest BCUT2D eigenvalue weighted by Crippen LogP contribution is -3.11. The highest BCUT2D eigenvalue weighted by Crippen LogP contribution is 2.22. The molecular formula is C30H32ClF2N3O. The fourth-order valence-corrected chi connectivity index (χ4v) is 5.40. The molecule has 0 aliphatic carbocycles. The average molecular weight is 524 g/mol. The van der Waals surface area contributed by atoms with E-state index in [-0.39, 0.29) is 35.6 Å². The second-order valence-electron chi connectivity index (χ2n) is 9.82. The maximum atomic E-state index is 13.9. The van der Waals surface area contributed by atoms with Crippen LogP contribution in [0.3, 0.4) is 0 Å². The van der Waals surface area contributed by atoms with Gasteiger partial charge in [0.25, 0.3) is 5.56 Å². The Morgan fingerprint density at radius 2 is 1.62 bits per heavy atom. The number of quaternary nitrogens is 1. The summed E-state index contributed by atoms with van der Waals surface area (Å²) in [7, 11) is 0. The van der Waals surface area contributed by atoms with Gasteiger partial charge in [0.15, 0.2) is 0 Å². The SMILES string of the molecule is O=c1c2ccccc2c(Cc2ccc(F)cc2)nn1C1CCC[NH+](CCCc2ccccc2F)CC1.[Cl-]. The van der Waals surface area contributed by atoms with E-state index in [1.165, 1.54) is 23.1 Å². The summed E-state index contributed by atoms with van der Waals surface area (Å²) >= 11 is 0. The number of aryl methyl sites for hydroxylation is 1. The number of halogens is 3. The molecule has 37 heavy (non-hydrogen) atoms. The van der Waals surface area contributed by atoms with Crippen molar-refractivity contribution in [2.75, 3.05) is 19.6 Å². The molecule has 0 bridgehead atoms. The summed E-state index contributed by atoms with van der Waals surface area (Å²) in [5.74, 6) is -0.387. The highest BCUT2D eigenvalue weighted by molar-refractivity contribution is 5.83. The molecule has 0 amide bonds. The third-order valence-electron chi connectivity index (χ3n) is 7.37. The molecule has 2 unspecified atom stereocenters. The smallest absolute Gasteiger partial charge is 0.274 e. The fraction of sp³-hybridized carbons (Fsp3) is 0.333. The van der Waals surface area contributed by atoms with Crippen LogP contribution in [0.25, 0.3) is 10.8 Å². The van der Waals surface area contributed by atoms with Gasteiger partial charge in [0.05, 0.1) is 36.8 Å². The van der Waals surface area contributed by atoms with E-state index < -0.39 is 0 Å². The first-order valence-electron chi connectivity index (χ1n) is 12.9. The van der Waals surface area contributed by atoms with Crippen molar-refractivity contribution in [3.8, 4) is 0 Å². The van der Waals surface area contributed by atoms with E-state index in [4.69, 9.17) is 5.10 Å². The highest BCUT2D eigenvalue weighted by atomic mass is 35.5. The summed E-state index contributed by atoms with van der Waals surface area (Å²) < 4.78 is 29.1. The van der Waals surface area contributed by atoms with Crippen molar-refractivity contribution in [2.24, 2.45) is 0 Å². The standard InChI is InChI=1S/C30H31F2N3O.ClH/c31-24-15-13-22(14-16-24)21-29-26-10-2-3-11-27(26)30(36)35(33-29)25-9-6-19-34(20-17-25)18-5-8-23-7-1-4-12-28(23)32;/h1-4,7,10-16,25H,5-6,8-9,17-21H2;1H. The zero-order valence-corrected chi connectivity index (χ0v) is 21.6. The molecule has 4 nitrogen and oxygen atoms in total. The van der Waals surface area contributed by atoms with Gasteiger partial charge in [-0.25, -0.2) is 13.5 Å². The van der Waals surface area contributed by atoms with Gasteiger partial charge in [0, 0.05) is 24.6 Å². The van der Waals surface area contributed by atoms with Crippen LogP contribution in [0.1, 0.15) is 48.5 Å². The van der Waals surface area contributed by atoms with E-state index in [1.807, 2.05) is 36.4 Å². The second-order valence-corrected chi connectivity index (χ2v) is 9.82. The fourth-order valence-electron chi connectivity index (χ4n) is 5.40. The Balaban J connectivity index is 0.00000320. The molecule has 1 aliphatic heterocycles. The lowest BCUT2D eigenvalue weighted by Gasteiger charge is -2.19. The number of nitrogens with zero attached hydrogens (tertiary/aromatic N) is 2. The zero-order chi connectivity index (χ0) is 24.9. The van der Waals surface area contributed by atoms with Crippen molar-refractivity contribution in [3.63, 3.8) is 0 Å². The summed E-state index contributed by atoms with van der Waals surface area (Å²) in [6, 6.07) is 21.2. The molecule has 1 aliphatic rings. The minimum Gasteiger partial charge on any atom is -1.00 e. The molecular weight excluding hydrogens is 492 g/mol. The van der Waals surface area contributed by atoms with Crippen molar-refractivity contribution < 1.29 is 26.1 Å². The largest absolute Gasteiger partial charge is 1.00 e. The number of hydrogen-bond acceptors (Lipinski definition) is 2. The first-order valence-corrected chi connectivity index (χ1v) is 12.9. The van der Waals surface area contributed by atoms with E-state index >= 15 is 0 Å². The molecule has 2 atom stereocenters. The number of aromatic nitrogens is 2. The Kier molecular flexibility index (Phi) is 9.06. The Morgan fingerprint density at radius 1 is 0.892 bits per heavy atom. The van der Waals surface area contributed by atoms with Gasteiger partial charge in [-0.05, 0) is 54.7 Å². The predicted molar refractivity (Wildman–Crippen MR) is 138 cm³/mol. The van der Waals surface area contributed by atoms with E-state index in [0.717, 1.165) is 73.9 Å². The maximum absolute atomic E-state index is 13.9. The molecule has 1 N–H and O–H groups in total. The maximum Gasteiger partial charge on any atom is 0.274 e. The molecule has 0 radical (unpaired) electrons. The number of benzene rings is 3. The Morgan fingerprint density at radius 3 is 2.41 bits per heavy atom. The highest BCUT2D eigenvalue weighted by Gasteiger charge is 2.24. The van der Waals surface area contributed by atoms with Gasteiger partial charge >= 0.3 is 0 Å². The van der Waals surface area contributed by atoms with Crippen LogP contribution in [-0.2, 0) is 12.8 Å². The summed E-state index contributed by atoms with van der Waals surface area (Å²) in [6.07, 6.45) is 5.05. The van der Waals surface area contributed by atoms with Gasteiger partial charge in [-0.15, -0.1) is 0 Å². The van der Waals surface area contributed by atoms with E-state index in [1.54, 1.807) is 22.9 Å². The molecule has 4 aromatic rings. The van der Waals surface area contributed by atoms with Crippen molar-refractivity contribution >= 4 is 10.8 Å². The van der Waals surface area contributed by atoms with Crippen molar-refractivity contribution in [2.45, 2.75) is 44.6 Å².